The Balaban J connectivity index is 3.57. The second-order valence-corrected chi connectivity index (χ2v) is 2.27. The Kier molecular flexibility index (Phi) is 2.63. The molecule has 0 saturated carbocycles. The summed E-state index contributed by atoms with van der Waals surface area (Å²) in [5.41, 5.74) is 4.95. The Morgan fingerprint density at radius 2 is 1.67 bits per heavy atom. The quantitative estimate of drug-likeness (QED) is 0.407. The lowest BCUT2D eigenvalue weighted by molar-refractivity contribution is 1.89. The van der Waals surface area contributed by atoms with Crippen LogP contribution in [0.2, 0.25) is 0 Å². The lowest BCUT2D eigenvalue weighted by atomic mass is 10.8. The van der Waals surface area contributed by atoms with Crippen LogP contribution in [0.4, 0.5) is 0 Å². The van der Waals surface area contributed by atoms with Crippen LogP contribution in [0.15, 0.2) is 0 Å². The summed E-state index contributed by atoms with van der Waals surface area (Å²) in [6.45, 7) is 0. The van der Waals surface area contributed by atoms with Crippen LogP contribution in [-0.4, -0.2) is 9.19 Å². The molecule has 0 aliphatic rings. The molecule has 1 nitrogen and oxygen atoms in total. The molecule has 4 heteroatoms. The Morgan fingerprint density at radius 1 is 1.50 bits per heavy atom. The first kappa shape index (κ1) is 6.33. The third kappa shape index (κ3) is 2.56. The van der Waals surface area contributed by atoms with Gasteiger partial charge in [0.05, 0.1) is 0 Å². The van der Waals surface area contributed by atoms with Gasteiger partial charge in [-0.15, -0.1) is 12.6 Å². The monoisotopic (exact) mass is 137 g/mol. The van der Waals surface area contributed by atoms with Gasteiger partial charge in [-0.25, -0.2) is 0 Å². The van der Waals surface area contributed by atoms with E-state index in [1.807, 2.05) is 0 Å². The highest BCUT2D eigenvalue weighted by Gasteiger charge is 1.85. The summed E-state index contributed by atoms with van der Waals surface area (Å²) in [7, 11) is 0. The van der Waals surface area contributed by atoms with Gasteiger partial charge in [0, 0.05) is 0 Å². The molecule has 0 fully saturated rings. The molecule has 0 aromatic rings. The number of thiol groups is 1. The van der Waals surface area contributed by atoms with Crippen molar-refractivity contribution in [3.8, 4) is 0 Å². The van der Waals surface area contributed by atoms with Gasteiger partial charge in [-0.3, -0.25) is 0 Å². The van der Waals surface area contributed by atoms with Gasteiger partial charge < -0.3 is 5.73 Å². The van der Waals surface area contributed by atoms with Gasteiger partial charge in [-0.05, 0) is 0 Å². The largest absolute Gasteiger partial charge is 0.388 e. The standard InChI is InChI=1S/C2H3NS3/c3-1(4)2(5)6/h(H2,3,4)(H,5,6). The molecule has 0 rings (SSSR count). The summed E-state index contributed by atoms with van der Waals surface area (Å²) in [6.07, 6.45) is 0. The fourth-order valence-corrected chi connectivity index (χ4v) is 0. The molecular formula is C2H3NS3. The molecule has 0 saturated heterocycles. The molecule has 0 spiro atoms. The maximum Gasteiger partial charge on any atom is 0.121 e. The van der Waals surface area contributed by atoms with E-state index in [1.165, 1.54) is 0 Å². The number of hydrogen-bond acceptors (Lipinski definition) is 2. The predicted molar refractivity (Wildman–Crippen MR) is 38.4 cm³/mol. The first-order valence-electron chi connectivity index (χ1n) is 1.17. The zero-order chi connectivity index (χ0) is 5.15. The van der Waals surface area contributed by atoms with E-state index in [4.69, 9.17) is 5.73 Å². The van der Waals surface area contributed by atoms with Crippen LogP contribution < -0.4 is 5.73 Å². The second-order valence-electron chi connectivity index (χ2n) is 0.669. The topological polar surface area (TPSA) is 26.0 Å². The van der Waals surface area contributed by atoms with E-state index in [1.54, 1.807) is 0 Å². The Hall–Kier alpha value is 0.330. The Labute approximate surface area is 52.3 Å². The number of rotatable bonds is 1. The van der Waals surface area contributed by atoms with Crippen molar-refractivity contribution in [2.24, 2.45) is 5.73 Å². The highest BCUT2D eigenvalue weighted by Crippen LogP contribution is 1.80. The SMILES string of the molecule is NC(=S)C(=S)S. The van der Waals surface area contributed by atoms with Gasteiger partial charge in [0.15, 0.2) is 0 Å². The van der Waals surface area contributed by atoms with Crippen LogP contribution in [-0.2, 0) is 0 Å². The summed E-state index contributed by atoms with van der Waals surface area (Å²) < 4.78 is 0.296. The molecular weight excluding hydrogens is 134 g/mol. The van der Waals surface area contributed by atoms with Crippen LogP contribution in [0.3, 0.4) is 0 Å². The van der Waals surface area contributed by atoms with Crippen molar-refractivity contribution in [2.45, 2.75) is 0 Å². The minimum atomic E-state index is 0.188. The van der Waals surface area contributed by atoms with Crippen LogP contribution in [0, 0.1) is 0 Å². The summed E-state index contributed by atoms with van der Waals surface area (Å²) in [5, 5.41) is 0. The van der Waals surface area contributed by atoms with Crippen LogP contribution >= 0.6 is 37.1 Å². The van der Waals surface area contributed by atoms with E-state index >= 15 is 0 Å². The van der Waals surface area contributed by atoms with Gasteiger partial charge >= 0.3 is 0 Å². The molecule has 0 atom stereocenters. The average Bonchev–Trinajstić information content (AvgIpc) is 1.36. The van der Waals surface area contributed by atoms with Crippen molar-refractivity contribution in [1.29, 1.82) is 0 Å². The lowest BCUT2D eigenvalue weighted by Crippen LogP contribution is -2.13. The van der Waals surface area contributed by atoms with Crippen molar-refractivity contribution < 1.29 is 0 Å². The average molecular weight is 137 g/mol. The number of thiocarbonyl (C=S) groups is 2. The third-order valence-electron chi connectivity index (χ3n) is 0.211. The Bertz CT molecular complexity index is 74.8. The normalized spacial score (nSPS) is 7.50. The summed E-state index contributed by atoms with van der Waals surface area (Å²) in [5.74, 6) is 0. The molecule has 0 aromatic carbocycles. The number of hydrogen-bond donors (Lipinski definition) is 2. The van der Waals surface area contributed by atoms with E-state index in [0.717, 1.165) is 0 Å². The molecule has 0 amide bonds. The van der Waals surface area contributed by atoms with Crippen LogP contribution in [0.1, 0.15) is 0 Å². The minimum Gasteiger partial charge on any atom is -0.388 e. The summed E-state index contributed by atoms with van der Waals surface area (Å²) in [6, 6.07) is 0. The van der Waals surface area contributed by atoms with Crippen molar-refractivity contribution in [1.82, 2.24) is 0 Å². The van der Waals surface area contributed by atoms with E-state index < -0.39 is 0 Å². The number of nitrogens with two attached hydrogens (primary N) is 1. The zero-order valence-electron chi connectivity index (χ0n) is 2.84. The zero-order valence-corrected chi connectivity index (χ0v) is 5.37. The molecule has 0 bridgehead atoms. The Morgan fingerprint density at radius 3 is 1.67 bits per heavy atom. The smallest absolute Gasteiger partial charge is 0.121 e. The fraction of sp³-hybridized carbons (Fsp3) is 0. The highest BCUT2D eigenvalue weighted by atomic mass is 32.1. The van der Waals surface area contributed by atoms with Crippen molar-refractivity contribution in [3.05, 3.63) is 0 Å². The van der Waals surface area contributed by atoms with E-state index in [-0.39, 0.29) is 4.99 Å². The molecule has 0 aliphatic heterocycles. The molecule has 0 aliphatic carbocycles. The molecule has 0 aromatic heterocycles. The van der Waals surface area contributed by atoms with Crippen LogP contribution in [0.5, 0.6) is 0 Å². The molecule has 34 valence electrons. The third-order valence-corrected chi connectivity index (χ3v) is 1.16. The molecule has 0 unspecified atom stereocenters. The van der Waals surface area contributed by atoms with Gasteiger partial charge in [0.2, 0.25) is 0 Å². The van der Waals surface area contributed by atoms with Gasteiger partial charge in [-0.1, -0.05) is 24.4 Å². The van der Waals surface area contributed by atoms with E-state index in [2.05, 4.69) is 37.1 Å². The van der Waals surface area contributed by atoms with Crippen molar-refractivity contribution in [2.75, 3.05) is 0 Å². The van der Waals surface area contributed by atoms with Gasteiger partial charge in [0.1, 0.15) is 9.19 Å². The maximum absolute atomic E-state index is 4.95. The molecule has 0 heterocycles. The molecule has 2 N–H and O–H groups in total. The first-order chi connectivity index (χ1) is 2.64. The van der Waals surface area contributed by atoms with Gasteiger partial charge in [0.25, 0.3) is 0 Å². The van der Waals surface area contributed by atoms with E-state index in [9.17, 15) is 0 Å². The second kappa shape index (κ2) is 2.49. The fourth-order valence-electron chi connectivity index (χ4n) is 0. The predicted octanol–water partition coefficient (Wildman–Crippen LogP) is 0.530. The summed E-state index contributed by atoms with van der Waals surface area (Å²) in [4.78, 5) is 0.188. The molecule has 6 heavy (non-hydrogen) atoms. The lowest BCUT2D eigenvalue weighted by Gasteiger charge is -1.82. The van der Waals surface area contributed by atoms with Crippen molar-refractivity contribution >= 4 is 46.2 Å². The van der Waals surface area contributed by atoms with E-state index in [0.29, 0.717) is 4.20 Å². The van der Waals surface area contributed by atoms with Crippen molar-refractivity contribution in [3.63, 3.8) is 0 Å². The van der Waals surface area contributed by atoms with Gasteiger partial charge in [-0.2, -0.15) is 0 Å². The summed E-state index contributed by atoms with van der Waals surface area (Å²) >= 11 is 12.5. The van der Waals surface area contributed by atoms with Crippen LogP contribution in [0.25, 0.3) is 0 Å². The molecule has 0 radical (unpaired) electrons. The highest BCUT2D eigenvalue weighted by molar-refractivity contribution is 8.16. The maximum atomic E-state index is 4.95. The first-order valence-corrected chi connectivity index (χ1v) is 2.43. The minimum absolute atomic E-state index is 0.188.